The zero-order valence-corrected chi connectivity index (χ0v) is 14.7. The van der Waals surface area contributed by atoms with Gasteiger partial charge in [0.1, 0.15) is 0 Å². The fourth-order valence-corrected chi connectivity index (χ4v) is 2.52. The van der Waals surface area contributed by atoms with Gasteiger partial charge in [-0.2, -0.15) is 0 Å². The maximum Gasteiger partial charge on any atom is 0.254 e. The van der Waals surface area contributed by atoms with E-state index >= 15 is 0 Å². The maximum atomic E-state index is 13.0. The molecule has 0 unspecified atom stereocenters. The van der Waals surface area contributed by atoms with E-state index in [0.29, 0.717) is 25.3 Å². The quantitative estimate of drug-likeness (QED) is 0.747. The van der Waals surface area contributed by atoms with Crippen molar-refractivity contribution < 1.29 is 9.53 Å². The number of hydrogen-bond donors (Lipinski definition) is 0. The summed E-state index contributed by atoms with van der Waals surface area (Å²) in [6, 6.07) is 17.8. The summed E-state index contributed by atoms with van der Waals surface area (Å²) in [5.74, 6) is 0.0543. The second-order valence-electron chi connectivity index (χ2n) is 6.15. The van der Waals surface area contributed by atoms with Crippen LogP contribution in [0.15, 0.2) is 54.6 Å². The fraction of sp³-hybridized carbons (Fsp3) is 0.350. The first-order chi connectivity index (χ1) is 11.6. The second kappa shape index (κ2) is 9.21. The number of methoxy groups -OCH3 is 1. The first-order valence-electron chi connectivity index (χ1n) is 8.16. The standard InChI is InChI=1S/C20H26N2O2/c1-21(2)12-13-22(15-17-8-5-4-6-9-17)20(23)19-11-7-10-18(14-19)16-24-3/h4-11,14H,12-13,15-16H2,1-3H3. The average molecular weight is 326 g/mol. The van der Waals surface area contributed by atoms with Crippen molar-refractivity contribution in [3.63, 3.8) is 0 Å². The van der Waals surface area contributed by atoms with Crippen LogP contribution in [0.5, 0.6) is 0 Å². The number of amides is 1. The lowest BCUT2D eigenvalue weighted by molar-refractivity contribution is 0.0731. The molecule has 0 bridgehead atoms. The summed E-state index contributed by atoms with van der Waals surface area (Å²) in [4.78, 5) is 17.0. The van der Waals surface area contributed by atoms with Crippen LogP contribution in [0.2, 0.25) is 0 Å². The van der Waals surface area contributed by atoms with Gasteiger partial charge in [-0.1, -0.05) is 42.5 Å². The first kappa shape index (κ1) is 18.2. The molecule has 2 rings (SSSR count). The molecular formula is C20H26N2O2. The number of rotatable bonds is 8. The van der Waals surface area contributed by atoms with Crippen LogP contribution in [0.3, 0.4) is 0 Å². The van der Waals surface area contributed by atoms with E-state index in [1.54, 1.807) is 7.11 Å². The molecule has 0 atom stereocenters. The molecule has 0 aliphatic carbocycles. The van der Waals surface area contributed by atoms with Crippen molar-refractivity contribution in [3.05, 3.63) is 71.3 Å². The second-order valence-corrected chi connectivity index (χ2v) is 6.15. The summed E-state index contributed by atoms with van der Waals surface area (Å²) in [5.41, 5.74) is 2.85. The van der Waals surface area contributed by atoms with Gasteiger partial charge in [0, 0.05) is 32.3 Å². The Morgan fingerprint density at radius 1 is 0.958 bits per heavy atom. The van der Waals surface area contributed by atoms with E-state index in [1.165, 1.54) is 0 Å². The summed E-state index contributed by atoms with van der Waals surface area (Å²) >= 11 is 0. The Kier molecular flexibility index (Phi) is 6.97. The summed E-state index contributed by atoms with van der Waals surface area (Å²) in [7, 11) is 5.70. The monoisotopic (exact) mass is 326 g/mol. The largest absolute Gasteiger partial charge is 0.380 e. The zero-order chi connectivity index (χ0) is 17.4. The SMILES string of the molecule is COCc1cccc(C(=O)N(CCN(C)C)Cc2ccccc2)c1. The Balaban J connectivity index is 2.18. The van der Waals surface area contributed by atoms with Crippen molar-refractivity contribution in [3.8, 4) is 0 Å². The normalized spacial score (nSPS) is 10.8. The molecular weight excluding hydrogens is 300 g/mol. The summed E-state index contributed by atoms with van der Waals surface area (Å²) in [6.45, 7) is 2.64. The lowest BCUT2D eigenvalue weighted by Crippen LogP contribution is -2.36. The van der Waals surface area contributed by atoms with E-state index < -0.39 is 0 Å². The molecule has 0 saturated heterocycles. The van der Waals surface area contributed by atoms with Gasteiger partial charge in [-0.25, -0.2) is 0 Å². The molecule has 0 aliphatic rings. The molecule has 4 nitrogen and oxygen atoms in total. The van der Waals surface area contributed by atoms with Crippen LogP contribution in [0, 0.1) is 0 Å². The molecule has 0 aromatic heterocycles. The molecule has 0 fully saturated rings. The van der Waals surface area contributed by atoms with Gasteiger partial charge in [0.15, 0.2) is 0 Å². The Labute approximate surface area is 144 Å². The third-order valence-corrected chi connectivity index (χ3v) is 3.81. The van der Waals surface area contributed by atoms with Crippen LogP contribution >= 0.6 is 0 Å². The highest BCUT2D eigenvalue weighted by Crippen LogP contribution is 2.13. The van der Waals surface area contributed by atoms with Crippen molar-refractivity contribution in [2.45, 2.75) is 13.2 Å². The minimum absolute atomic E-state index is 0.0543. The molecule has 24 heavy (non-hydrogen) atoms. The van der Waals surface area contributed by atoms with E-state index in [-0.39, 0.29) is 5.91 Å². The Morgan fingerprint density at radius 2 is 1.67 bits per heavy atom. The van der Waals surface area contributed by atoms with Gasteiger partial charge in [-0.15, -0.1) is 0 Å². The molecule has 0 saturated carbocycles. The van der Waals surface area contributed by atoms with E-state index in [4.69, 9.17) is 4.74 Å². The lowest BCUT2D eigenvalue weighted by atomic mass is 10.1. The summed E-state index contributed by atoms with van der Waals surface area (Å²) in [6.07, 6.45) is 0. The highest BCUT2D eigenvalue weighted by atomic mass is 16.5. The summed E-state index contributed by atoms with van der Waals surface area (Å²) < 4.78 is 5.17. The lowest BCUT2D eigenvalue weighted by Gasteiger charge is -2.25. The van der Waals surface area contributed by atoms with Crippen LogP contribution in [-0.4, -0.2) is 50.0 Å². The van der Waals surface area contributed by atoms with Gasteiger partial charge in [-0.05, 0) is 37.4 Å². The first-order valence-corrected chi connectivity index (χ1v) is 8.16. The highest BCUT2D eigenvalue weighted by molar-refractivity contribution is 5.94. The van der Waals surface area contributed by atoms with Crippen molar-refractivity contribution >= 4 is 5.91 Å². The van der Waals surface area contributed by atoms with Gasteiger partial charge in [0.05, 0.1) is 6.61 Å². The average Bonchev–Trinajstić information content (AvgIpc) is 2.59. The predicted molar refractivity (Wildman–Crippen MR) is 96.9 cm³/mol. The summed E-state index contributed by atoms with van der Waals surface area (Å²) in [5, 5.41) is 0. The Morgan fingerprint density at radius 3 is 2.33 bits per heavy atom. The Bertz CT molecular complexity index is 641. The smallest absolute Gasteiger partial charge is 0.254 e. The molecule has 0 heterocycles. The fourth-order valence-electron chi connectivity index (χ4n) is 2.52. The number of carbonyl (C=O) groups is 1. The van der Waals surface area contributed by atoms with Crippen LogP contribution in [0.1, 0.15) is 21.5 Å². The van der Waals surface area contributed by atoms with Crippen LogP contribution < -0.4 is 0 Å². The van der Waals surface area contributed by atoms with Crippen molar-refractivity contribution in [1.82, 2.24) is 9.80 Å². The number of carbonyl (C=O) groups excluding carboxylic acids is 1. The number of nitrogens with zero attached hydrogens (tertiary/aromatic N) is 2. The molecule has 2 aromatic carbocycles. The number of ether oxygens (including phenoxy) is 1. The van der Waals surface area contributed by atoms with E-state index in [9.17, 15) is 4.79 Å². The van der Waals surface area contributed by atoms with E-state index in [2.05, 4.69) is 17.0 Å². The van der Waals surface area contributed by atoms with Crippen LogP contribution in [-0.2, 0) is 17.9 Å². The van der Waals surface area contributed by atoms with E-state index in [0.717, 1.165) is 17.7 Å². The molecule has 128 valence electrons. The minimum atomic E-state index is 0.0543. The van der Waals surface area contributed by atoms with Gasteiger partial charge in [-0.3, -0.25) is 4.79 Å². The molecule has 0 aliphatic heterocycles. The maximum absolute atomic E-state index is 13.0. The third-order valence-electron chi connectivity index (χ3n) is 3.81. The minimum Gasteiger partial charge on any atom is -0.380 e. The van der Waals surface area contributed by atoms with Gasteiger partial charge in [0.25, 0.3) is 5.91 Å². The molecule has 0 radical (unpaired) electrons. The van der Waals surface area contributed by atoms with Gasteiger partial charge >= 0.3 is 0 Å². The predicted octanol–water partition coefficient (Wildman–Crippen LogP) is 3.04. The van der Waals surface area contributed by atoms with Crippen molar-refractivity contribution in [1.29, 1.82) is 0 Å². The topological polar surface area (TPSA) is 32.8 Å². The number of hydrogen-bond acceptors (Lipinski definition) is 3. The van der Waals surface area contributed by atoms with Crippen LogP contribution in [0.25, 0.3) is 0 Å². The van der Waals surface area contributed by atoms with Gasteiger partial charge < -0.3 is 14.5 Å². The molecule has 0 N–H and O–H groups in total. The molecule has 0 spiro atoms. The zero-order valence-electron chi connectivity index (χ0n) is 14.7. The van der Waals surface area contributed by atoms with Crippen molar-refractivity contribution in [2.75, 3.05) is 34.3 Å². The molecule has 2 aromatic rings. The number of likely N-dealkylation sites (N-methyl/N-ethyl adjacent to an activating group) is 1. The van der Waals surface area contributed by atoms with E-state index in [1.807, 2.05) is 61.5 Å². The Hall–Kier alpha value is -2.17. The van der Waals surface area contributed by atoms with Crippen molar-refractivity contribution in [2.24, 2.45) is 0 Å². The number of benzene rings is 2. The molecule has 1 amide bonds. The third kappa shape index (κ3) is 5.48. The van der Waals surface area contributed by atoms with Gasteiger partial charge in [0.2, 0.25) is 0 Å². The van der Waals surface area contributed by atoms with Crippen LogP contribution in [0.4, 0.5) is 0 Å². The highest BCUT2D eigenvalue weighted by Gasteiger charge is 2.16. The molecule has 4 heteroatoms.